The van der Waals surface area contributed by atoms with Crippen LogP contribution < -0.4 is 14.8 Å². The van der Waals surface area contributed by atoms with Crippen LogP contribution in [0.25, 0.3) is 0 Å². The van der Waals surface area contributed by atoms with Gasteiger partial charge in [-0.25, -0.2) is 0 Å². The van der Waals surface area contributed by atoms with Crippen LogP contribution in [0.15, 0.2) is 28.7 Å². The highest BCUT2D eigenvalue weighted by atomic mass is 35.5. The van der Waals surface area contributed by atoms with Gasteiger partial charge in [0.15, 0.2) is 11.5 Å². The fourth-order valence-corrected chi connectivity index (χ4v) is 2.56. The normalized spacial score (nSPS) is 11.7. The van der Waals surface area contributed by atoms with E-state index in [4.69, 9.17) is 13.9 Å². The Morgan fingerprint density at radius 2 is 1.91 bits per heavy atom. The van der Waals surface area contributed by atoms with Gasteiger partial charge in [-0.1, -0.05) is 6.07 Å². The molecule has 0 fully saturated rings. The van der Waals surface area contributed by atoms with Gasteiger partial charge in [0.05, 0.1) is 13.7 Å². The van der Waals surface area contributed by atoms with E-state index in [9.17, 15) is 0 Å². The first-order valence-electron chi connectivity index (χ1n) is 7.65. The Morgan fingerprint density at radius 3 is 2.48 bits per heavy atom. The Morgan fingerprint density at radius 1 is 1.17 bits per heavy atom. The number of furan rings is 1. The smallest absolute Gasteiger partial charge is 0.161 e. The number of ether oxygens (including phenoxy) is 2. The van der Waals surface area contributed by atoms with Crippen LogP contribution >= 0.6 is 12.4 Å². The molecule has 0 bridgehead atoms. The summed E-state index contributed by atoms with van der Waals surface area (Å²) in [7, 11) is 1.65. The summed E-state index contributed by atoms with van der Waals surface area (Å²) in [5.74, 6) is 3.47. The van der Waals surface area contributed by atoms with Crippen molar-refractivity contribution in [3.8, 4) is 11.5 Å². The van der Waals surface area contributed by atoms with Gasteiger partial charge in [-0.2, -0.15) is 0 Å². The van der Waals surface area contributed by atoms with Gasteiger partial charge in [0.2, 0.25) is 0 Å². The van der Waals surface area contributed by atoms with E-state index in [0.29, 0.717) is 6.61 Å². The number of halogens is 1. The first kappa shape index (κ1) is 19.4. The van der Waals surface area contributed by atoms with Gasteiger partial charge < -0.3 is 19.2 Å². The van der Waals surface area contributed by atoms with E-state index in [1.54, 1.807) is 7.11 Å². The molecule has 0 amide bonds. The van der Waals surface area contributed by atoms with Gasteiger partial charge in [-0.3, -0.25) is 0 Å². The lowest BCUT2D eigenvalue weighted by Crippen LogP contribution is -2.18. The largest absolute Gasteiger partial charge is 0.493 e. The number of methoxy groups -OCH3 is 1. The predicted octanol–water partition coefficient (Wildman–Crippen LogP) is 4.58. The number of nitrogens with one attached hydrogen (secondary N) is 1. The van der Waals surface area contributed by atoms with E-state index in [2.05, 4.69) is 24.4 Å². The Balaban J connectivity index is 0.00000264. The van der Waals surface area contributed by atoms with Gasteiger partial charge in [0.1, 0.15) is 11.5 Å². The van der Waals surface area contributed by atoms with Crippen molar-refractivity contribution in [1.29, 1.82) is 0 Å². The number of rotatable bonds is 7. The zero-order valence-electron chi connectivity index (χ0n) is 14.4. The minimum atomic E-state index is 0. The minimum Gasteiger partial charge on any atom is -0.493 e. The number of benzene rings is 1. The molecule has 5 heteroatoms. The van der Waals surface area contributed by atoms with Crippen molar-refractivity contribution >= 4 is 12.4 Å². The fourth-order valence-electron chi connectivity index (χ4n) is 2.56. The lowest BCUT2D eigenvalue weighted by atomic mass is 10.1. The van der Waals surface area contributed by atoms with Crippen molar-refractivity contribution in [3.63, 3.8) is 0 Å². The second-order valence-electron chi connectivity index (χ2n) is 5.39. The average Bonchev–Trinajstić information content (AvgIpc) is 2.84. The van der Waals surface area contributed by atoms with Crippen LogP contribution in [0.2, 0.25) is 0 Å². The number of hydrogen-bond donors (Lipinski definition) is 1. The van der Waals surface area contributed by atoms with Crippen molar-refractivity contribution in [2.24, 2.45) is 0 Å². The van der Waals surface area contributed by atoms with Crippen LogP contribution in [-0.4, -0.2) is 13.7 Å². The highest BCUT2D eigenvalue weighted by molar-refractivity contribution is 5.85. The first-order valence-corrected chi connectivity index (χ1v) is 7.65. The molecule has 1 unspecified atom stereocenters. The average molecular weight is 340 g/mol. The van der Waals surface area contributed by atoms with Crippen LogP contribution in [0.1, 0.15) is 42.5 Å². The van der Waals surface area contributed by atoms with E-state index in [1.807, 2.05) is 32.9 Å². The van der Waals surface area contributed by atoms with Crippen molar-refractivity contribution in [1.82, 2.24) is 5.32 Å². The zero-order chi connectivity index (χ0) is 16.1. The Kier molecular flexibility index (Phi) is 7.46. The molecule has 0 saturated heterocycles. The first-order chi connectivity index (χ1) is 10.5. The topological polar surface area (TPSA) is 43.6 Å². The van der Waals surface area contributed by atoms with Gasteiger partial charge in [0, 0.05) is 18.2 Å². The maximum Gasteiger partial charge on any atom is 0.161 e. The molecule has 0 spiro atoms. The molecule has 2 aromatic rings. The second kappa shape index (κ2) is 8.85. The van der Waals surface area contributed by atoms with Crippen LogP contribution in [0, 0.1) is 13.8 Å². The molecule has 4 nitrogen and oxygen atoms in total. The van der Waals surface area contributed by atoms with Crippen LogP contribution in [0.3, 0.4) is 0 Å². The molecule has 23 heavy (non-hydrogen) atoms. The molecule has 0 saturated carbocycles. The highest BCUT2D eigenvalue weighted by Gasteiger charge is 2.12. The summed E-state index contributed by atoms with van der Waals surface area (Å²) in [6, 6.07) is 8.34. The molecule has 1 heterocycles. The molecule has 2 rings (SSSR count). The summed E-state index contributed by atoms with van der Waals surface area (Å²) in [6.07, 6.45) is 0. The summed E-state index contributed by atoms with van der Waals surface area (Å²) >= 11 is 0. The quantitative estimate of drug-likeness (QED) is 0.802. The maximum atomic E-state index is 5.61. The van der Waals surface area contributed by atoms with E-state index in [0.717, 1.165) is 35.1 Å². The molecule has 0 aliphatic rings. The van der Waals surface area contributed by atoms with E-state index < -0.39 is 0 Å². The molecule has 0 radical (unpaired) electrons. The molecule has 1 aromatic heterocycles. The molecule has 0 aliphatic heterocycles. The molecular formula is C18H26ClNO3. The predicted molar refractivity (Wildman–Crippen MR) is 94.8 cm³/mol. The van der Waals surface area contributed by atoms with E-state index in [1.165, 1.54) is 5.56 Å². The maximum absolute atomic E-state index is 5.61. The van der Waals surface area contributed by atoms with Crippen LogP contribution in [0.5, 0.6) is 11.5 Å². The summed E-state index contributed by atoms with van der Waals surface area (Å²) in [5.41, 5.74) is 2.37. The monoisotopic (exact) mass is 339 g/mol. The summed E-state index contributed by atoms with van der Waals surface area (Å²) < 4.78 is 16.5. The third-order valence-corrected chi connectivity index (χ3v) is 3.69. The van der Waals surface area contributed by atoms with Crippen LogP contribution in [0.4, 0.5) is 0 Å². The van der Waals surface area contributed by atoms with E-state index in [-0.39, 0.29) is 18.4 Å². The molecule has 0 aliphatic carbocycles. The van der Waals surface area contributed by atoms with E-state index >= 15 is 0 Å². The van der Waals surface area contributed by atoms with Gasteiger partial charge in [0.25, 0.3) is 0 Å². The lowest BCUT2D eigenvalue weighted by Gasteiger charge is -2.15. The molecule has 1 aromatic carbocycles. The summed E-state index contributed by atoms with van der Waals surface area (Å²) in [4.78, 5) is 0. The minimum absolute atomic E-state index is 0. The molecular weight excluding hydrogens is 314 g/mol. The third-order valence-electron chi connectivity index (χ3n) is 3.69. The Hall–Kier alpha value is -1.65. The van der Waals surface area contributed by atoms with Gasteiger partial charge >= 0.3 is 0 Å². The summed E-state index contributed by atoms with van der Waals surface area (Å²) in [6.45, 7) is 9.47. The zero-order valence-corrected chi connectivity index (χ0v) is 15.3. The Labute approximate surface area is 144 Å². The fraction of sp³-hybridized carbons (Fsp3) is 0.444. The van der Waals surface area contributed by atoms with Gasteiger partial charge in [-0.15, -0.1) is 12.4 Å². The standard InChI is InChI=1S/C18H25NO3.ClH/c1-6-21-18-10-15(7-8-17(18)20-5)11-19-13(3)16-9-12(2)22-14(16)4;/h7-10,13,19H,6,11H2,1-5H3;1H. The molecule has 1 atom stereocenters. The van der Waals surface area contributed by atoms with Crippen molar-refractivity contribution in [2.45, 2.75) is 40.3 Å². The Bertz CT molecular complexity index is 625. The van der Waals surface area contributed by atoms with Crippen molar-refractivity contribution < 1.29 is 13.9 Å². The molecule has 1 N–H and O–H groups in total. The van der Waals surface area contributed by atoms with Gasteiger partial charge in [-0.05, 0) is 51.5 Å². The van der Waals surface area contributed by atoms with Crippen LogP contribution in [-0.2, 0) is 6.54 Å². The lowest BCUT2D eigenvalue weighted by molar-refractivity contribution is 0.310. The third kappa shape index (κ3) is 4.91. The number of aryl methyl sites for hydroxylation is 2. The second-order valence-corrected chi connectivity index (χ2v) is 5.39. The summed E-state index contributed by atoms with van der Waals surface area (Å²) in [5, 5.41) is 3.52. The molecule has 128 valence electrons. The number of hydrogen-bond acceptors (Lipinski definition) is 4. The van der Waals surface area contributed by atoms with Crippen molar-refractivity contribution in [2.75, 3.05) is 13.7 Å². The van der Waals surface area contributed by atoms with Crippen molar-refractivity contribution in [3.05, 3.63) is 46.9 Å². The SMILES string of the molecule is CCOc1cc(CNC(C)c2cc(C)oc2C)ccc1OC.Cl. The highest BCUT2D eigenvalue weighted by Crippen LogP contribution is 2.28.